The van der Waals surface area contributed by atoms with E-state index >= 15 is 0 Å². The number of carbonyl (C=O) groups excluding carboxylic acids is 1. The van der Waals surface area contributed by atoms with E-state index in [1.165, 1.54) is 6.92 Å². The van der Waals surface area contributed by atoms with E-state index in [-0.39, 0.29) is 12.4 Å². The van der Waals surface area contributed by atoms with Gasteiger partial charge >= 0.3 is 5.97 Å². The van der Waals surface area contributed by atoms with Crippen molar-refractivity contribution in [2.75, 3.05) is 0 Å². The lowest BCUT2D eigenvalue weighted by molar-refractivity contribution is -0.149. The number of ketones is 1. The molecule has 174 valence electrons. The summed E-state index contributed by atoms with van der Waals surface area (Å²) in [6.07, 6.45) is 0.920. The minimum Gasteiger partial charge on any atom is -0.479 e. The molecule has 6 nitrogen and oxygen atoms in total. The molecule has 0 aliphatic heterocycles. The Labute approximate surface area is 198 Å². The minimum atomic E-state index is -0.987. The number of fused-ring (bicyclic) bond motifs is 1. The number of rotatable bonds is 8. The number of carboxylic acids is 1. The first-order valence-corrected chi connectivity index (χ1v) is 11.2. The van der Waals surface area contributed by atoms with Gasteiger partial charge in [-0.05, 0) is 50.5 Å². The van der Waals surface area contributed by atoms with Crippen LogP contribution in [0.4, 0.5) is 0 Å². The van der Waals surface area contributed by atoms with Crippen LogP contribution in [0.2, 0.25) is 0 Å². The highest BCUT2D eigenvalue weighted by Crippen LogP contribution is 2.28. The molecule has 34 heavy (non-hydrogen) atoms. The summed E-state index contributed by atoms with van der Waals surface area (Å²) in [5.41, 5.74) is 7.77. The molecule has 0 aliphatic rings. The number of nitrogens with zero attached hydrogens (tertiary/aromatic N) is 2. The number of aromatic nitrogens is 2. The summed E-state index contributed by atoms with van der Waals surface area (Å²) >= 11 is 0. The molecule has 0 unspecified atom stereocenters. The van der Waals surface area contributed by atoms with Gasteiger partial charge in [-0.25, -0.2) is 4.79 Å². The summed E-state index contributed by atoms with van der Waals surface area (Å²) in [5.74, 6) is -1.03. The lowest BCUT2D eigenvalue weighted by Crippen LogP contribution is -2.19. The molecule has 2 aromatic carbocycles. The van der Waals surface area contributed by atoms with Crippen LogP contribution >= 0.6 is 0 Å². The Kier molecular flexibility index (Phi) is 6.61. The molecule has 0 spiro atoms. The first-order valence-electron chi connectivity index (χ1n) is 11.2. The molecular formula is C28H28N2O4. The van der Waals surface area contributed by atoms with Crippen molar-refractivity contribution in [1.29, 1.82) is 0 Å². The maximum atomic E-state index is 13.5. The van der Waals surface area contributed by atoms with Crippen molar-refractivity contribution in [3.05, 3.63) is 99.9 Å². The molecule has 1 atom stereocenters. The molecule has 2 aromatic heterocycles. The van der Waals surface area contributed by atoms with Crippen LogP contribution in [0, 0.1) is 20.8 Å². The third-order valence-corrected chi connectivity index (χ3v) is 6.02. The molecule has 0 amide bonds. The number of carbonyl (C=O) groups is 2. The van der Waals surface area contributed by atoms with Gasteiger partial charge in [-0.1, -0.05) is 54.1 Å². The van der Waals surface area contributed by atoms with Crippen LogP contribution in [0.3, 0.4) is 0 Å². The highest BCUT2D eigenvalue weighted by atomic mass is 16.5. The maximum absolute atomic E-state index is 13.5. The number of ether oxygens (including phenoxy) is 1. The fourth-order valence-electron chi connectivity index (χ4n) is 4.06. The van der Waals surface area contributed by atoms with E-state index in [0.717, 1.165) is 33.5 Å². The van der Waals surface area contributed by atoms with Crippen LogP contribution in [-0.4, -0.2) is 32.5 Å². The molecule has 4 rings (SSSR count). The van der Waals surface area contributed by atoms with Crippen molar-refractivity contribution in [2.45, 2.75) is 47.0 Å². The smallest absolute Gasteiger partial charge is 0.332 e. The zero-order valence-electron chi connectivity index (χ0n) is 19.8. The number of benzene rings is 2. The van der Waals surface area contributed by atoms with Gasteiger partial charge in [0.25, 0.3) is 0 Å². The van der Waals surface area contributed by atoms with Crippen molar-refractivity contribution >= 4 is 22.8 Å². The molecule has 1 N–H and O–H groups in total. The second-order valence-corrected chi connectivity index (χ2v) is 8.73. The number of aryl methyl sites for hydroxylation is 2. The molecule has 0 bridgehead atoms. The predicted molar refractivity (Wildman–Crippen MR) is 131 cm³/mol. The summed E-state index contributed by atoms with van der Waals surface area (Å²) in [6.45, 7) is 8.23. The summed E-state index contributed by atoms with van der Waals surface area (Å²) in [7, 11) is 0. The quantitative estimate of drug-likeness (QED) is 0.367. The Morgan fingerprint density at radius 1 is 1.00 bits per heavy atom. The van der Waals surface area contributed by atoms with E-state index in [1.54, 1.807) is 6.20 Å². The van der Waals surface area contributed by atoms with Gasteiger partial charge in [0.1, 0.15) is 0 Å². The van der Waals surface area contributed by atoms with E-state index in [9.17, 15) is 9.59 Å². The van der Waals surface area contributed by atoms with Gasteiger partial charge in [-0.15, -0.1) is 0 Å². The van der Waals surface area contributed by atoms with E-state index in [2.05, 4.69) is 15.6 Å². The Bertz CT molecular complexity index is 1370. The van der Waals surface area contributed by atoms with Crippen LogP contribution in [0.25, 0.3) is 11.0 Å². The molecule has 0 aliphatic carbocycles. The molecular weight excluding hydrogens is 428 g/mol. The van der Waals surface area contributed by atoms with Gasteiger partial charge in [-0.3, -0.25) is 9.78 Å². The van der Waals surface area contributed by atoms with Crippen LogP contribution in [0.15, 0.2) is 60.8 Å². The molecule has 0 saturated heterocycles. The van der Waals surface area contributed by atoms with E-state index in [1.807, 2.05) is 69.3 Å². The fraction of sp³-hybridized carbons (Fsp3) is 0.250. The summed E-state index contributed by atoms with van der Waals surface area (Å²) in [5, 5.41) is 9.04. The lowest BCUT2D eigenvalue weighted by Gasteiger charge is -2.12. The summed E-state index contributed by atoms with van der Waals surface area (Å²) < 4.78 is 7.56. The Balaban J connectivity index is 1.71. The Hall–Kier alpha value is -3.77. The zero-order valence-corrected chi connectivity index (χ0v) is 19.8. The highest BCUT2D eigenvalue weighted by Gasteiger charge is 2.22. The van der Waals surface area contributed by atoms with E-state index in [0.29, 0.717) is 23.2 Å². The largest absolute Gasteiger partial charge is 0.479 e. The maximum Gasteiger partial charge on any atom is 0.332 e. The topological polar surface area (TPSA) is 81.4 Å². The van der Waals surface area contributed by atoms with E-state index < -0.39 is 12.1 Å². The standard InChI is InChI=1S/C28H28N2O4/c1-17-8-10-23(11-9-17)27(31)25-19(3)30(24-12-18(2)14-29-26(24)25)15-21-6-5-7-22(13-21)16-34-20(4)28(32)33/h5-14,20H,15-16H2,1-4H3,(H,32,33)/t20-/m0/s1. The molecule has 4 aromatic rings. The van der Waals surface area contributed by atoms with Crippen molar-refractivity contribution in [2.24, 2.45) is 0 Å². The van der Waals surface area contributed by atoms with Gasteiger partial charge < -0.3 is 14.4 Å². The third kappa shape index (κ3) is 4.77. The average molecular weight is 457 g/mol. The van der Waals surface area contributed by atoms with Crippen LogP contribution in [-0.2, 0) is 22.7 Å². The second-order valence-electron chi connectivity index (χ2n) is 8.73. The van der Waals surface area contributed by atoms with Crippen LogP contribution in [0.1, 0.15) is 50.8 Å². The molecule has 0 radical (unpaired) electrons. The lowest BCUT2D eigenvalue weighted by atomic mass is 10.0. The van der Waals surface area contributed by atoms with Gasteiger partial charge in [0.15, 0.2) is 11.9 Å². The van der Waals surface area contributed by atoms with Gasteiger partial charge in [0, 0.05) is 24.0 Å². The Morgan fingerprint density at radius 2 is 1.71 bits per heavy atom. The SMILES string of the molecule is Cc1ccc(C(=O)c2c(C)n(Cc3cccc(CO[C@@H](C)C(=O)O)c3)c3cc(C)cnc23)cc1. The first-order chi connectivity index (χ1) is 16.2. The zero-order chi connectivity index (χ0) is 24.4. The predicted octanol–water partition coefficient (Wildman–Crippen LogP) is 5.23. The minimum absolute atomic E-state index is 0.0394. The second kappa shape index (κ2) is 9.61. The van der Waals surface area contributed by atoms with Crippen LogP contribution in [0.5, 0.6) is 0 Å². The van der Waals surface area contributed by atoms with E-state index in [4.69, 9.17) is 9.84 Å². The third-order valence-electron chi connectivity index (χ3n) is 6.02. The number of hydrogen-bond acceptors (Lipinski definition) is 4. The fourth-order valence-corrected chi connectivity index (χ4v) is 4.06. The van der Waals surface area contributed by atoms with Crippen LogP contribution < -0.4 is 0 Å². The number of carboxylic acid groups (broad SMARTS) is 1. The van der Waals surface area contributed by atoms with Crippen molar-refractivity contribution < 1.29 is 19.4 Å². The van der Waals surface area contributed by atoms with Gasteiger partial charge in [0.05, 0.1) is 23.2 Å². The van der Waals surface area contributed by atoms with Gasteiger partial charge in [-0.2, -0.15) is 0 Å². The van der Waals surface area contributed by atoms with Crippen molar-refractivity contribution in [1.82, 2.24) is 9.55 Å². The normalized spacial score (nSPS) is 12.1. The summed E-state index contributed by atoms with van der Waals surface area (Å²) in [4.78, 5) is 29.1. The summed E-state index contributed by atoms with van der Waals surface area (Å²) in [6, 6.07) is 17.5. The number of hydrogen-bond donors (Lipinski definition) is 1. The number of pyridine rings is 1. The Morgan fingerprint density at radius 3 is 2.41 bits per heavy atom. The number of aliphatic carboxylic acids is 1. The van der Waals surface area contributed by atoms with Gasteiger partial charge in [0.2, 0.25) is 0 Å². The first kappa shape index (κ1) is 23.4. The molecule has 2 heterocycles. The molecule has 0 saturated carbocycles. The average Bonchev–Trinajstić information content (AvgIpc) is 3.08. The monoisotopic (exact) mass is 456 g/mol. The van der Waals surface area contributed by atoms with Crippen molar-refractivity contribution in [3.63, 3.8) is 0 Å². The van der Waals surface area contributed by atoms with Crippen molar-refractivity contribution in [3.8, 4) is 0 Å². The molecule has 6 heteroatoms. The molecule has 0 fully saturated rings. The highest BCUT2D eigenvalue weighted by molar-refractivity contribution is 6.16.